The van der Waals surface area contributed by atoms with Crippen LogP contribution in [0.15, 0.2) is 30.3 Å². The summed E-state index contributed by atoms with van der Waals surface area (Å²) in [6.07, 6.45) is 0.981. The van der Waals surface area contributed by atoms with Gasteiger partial charge in [-0.05, 0) is 25.2 Å². The second kappa shape index (κ2) is 8.63. The number of likely N-dealkylation sites (N-methyl/N-ethyl adjacent to an activating group) is 1. The Hall–Kier alpha value is -1.75. The summed E-state index contributed by atoms with van der Waals surface area (Å²) in [7, 11) is 0. The van der Waals surface area contributed by atoms with Gasteiger partial charge in [-0.25, -0.2) is 4.79 Å². The van der Waals surface area contributed by atoms with E-state index in [2.05, 4.69) is 24.1 Å². The second-order valence-electron chi connectivity index (χ2n) is 5.55. The van der Waals surface area contributed by atoms with Crippen molar-refractivity contribution in [2.24, 2.45) is 0 Å². The molecule has 1 heterocycles. The Bertz CT molecular complexity index is 448. The average Bonchev–Trinajstić information content (AvgIpc) is 3.01. The zero-order valence-corrected chi connectivity index (χ0v) is 13.6. The van der Waals surface area contributed by atoms with Crippen LogP contribution in [0.5, 0.6) is 5.75 Å². The van der Waals surface area contributed by atoms with Crippen molar-refractivity contribution in [1.29, 1.82) is 0 Å². The van der Waals surface area contributed by atoms with E-state index < -0.39 is 0 Å². The van der Waals surface area contributed by atoms with Crippen molar-refractivity contribution in [2.75, 3.05) is 39.3 Å². The van der Waals surface area contributed by atoms with Gasteiger partial charge in [-0.2, -0.15) is 0 Å². The number of nitrogens with zero attached hydrogens (tertiary/aromatic N) is 2. The Kier molecular flexibility index (Phi) is 6.52. The van der Waals surface area contributed by atoms with Gasteiger partial charge in [0, 0.05) is 26.1 Å². The maximum absolute atomic E-state index is 12.1. The van der Waals surface area contributed by atoms with Crippen LogP contribution >= 0.6 is 0 Å². The van der Waals surface area contributed by atoms with Crippen molar-refractivity contribution in [3.63, 3.8) is 0 Å². The molecule has 0 spiro atoms. The summed E-state index contributed by atoms with van der Waals surface area (Å²) in [5.41, 5.74) is 0. The van der Waals surface area contributed by atoms with Gasteiger partial charge in [-0.3, -0.25) is 0 Å². The number of amides is 2. The zero-order chi connectivity index (χ0) is 15.8. The smallest absolute Gasteiger partial charge is 0.317 e. The van der Waals surface area contributed by atoms with Crippen molar-refractivity contribution in [1.82, 2.24) is 15.1 Å². The third-order valence-corrected chi connectivity index (χ3v) is 4.08. The molecule has 0 aliphatic carbocycles. The Morgan fingerprint density at radius 2 is 2.05 bits per heavy atom. The number of ether oxygens (including phenoxy) is 1. The molecule has 1 saturated heterocycles. The van der Waals surface area contributed by atoms with Crippen molar-refractivity contribution in [3.05, 3.63) is 30.3 Å². The number of nitrogens with one attached hydrogen (secondary N) is 1. The lowest BCUT2D eigenvalue weighted by Gasteiger charge is -2.21. The maximum Gasteiger partial charge on any atom is 0.317 e. The summed E-state index contributed by atoms with van der Waals surface area (Å²) in [4.78, 5) is 16.3. The predicted molar refractivity (Wildman–Crippen MR) is 88.2 cm³/mol. The lowest BCUT2D eigenvalue weighted by atomic mass is 10.3. The standard InChI is InChI=1S/C17H27N3O2/c1-3-19(4-2)13-11-18-17(21)20-12-10-16(14-20)22-15-8-6-5-7-9-15/h5-9,16H,3-4,10-14H2,1-2H3,(H,18,21). The van der Waals surface area contributed by atoms with Crippen molar-refractivity contribution < 1.29 is 9.53 Å². The first-order valence-electron chi connectivity index (χ1n) is 8.19. The van der Waals surface area contributed by atoms with E-state index in [0.717, 1.165) is 38.3 Å². The first-order chi connectivity index (χ1) is 10.7. The number of carbonyl (C=O) groups excluding carboxylic acids is 1. The zero-order valence-electron chi connectivity index (χ0n) is 13.6. The van der Waals surface area contributed by atoms with Crippen molar-refractivity contribution in [2.45, 2.75) is 26.4 Å². The number of urea groups is 1. The molecule has 1 aliphatic rings. The van der Waals surface area contributed by atoms with Gasteiger partial charge >= 0.3 is 6.03 Å². The second-order valence-corrected chi connectivity index (χ2v) is 5.55. The van der Waals surface area contributed by atoms with Crippen LogP contribution in [-0.4, -0.2) is 61.2 Å². The molecule has 1 aromatic carbocycles. The molecule has 1 aromatic rings. The van der Waals surface area contributed by atoms with Crippen molar-refractivity contribution in [3.8, 4) is 5.75 Å². The van der Waals surface area contributed by atoms with Gasteiger partial charge in [0.25, 0.3) is 0 Å². The van der Waals surface area contributed by atoms with Gasteiger partial charge in [0.15, 0.2) is 0 Å². The summed E-state index contributed by atoms with van der Waals surface area (Å²) < 4.78 is 5.90. The highest BCUT2D eigenvalue weighted by molar-refractivity contribution is 5.74. The molecular weight excluding hydrogens is 278 g/mol. The highest BCUT2D eigenvalue weighted by Crippen LogP contribution is 2.17. The van der Waals surface area contributed by atoms with Crippen LogP contribution in [0.2, 0.25) is 0 Å². The SMILES string of the molecule is CCN(CC)CCNC(=O)N1CCC(Oc2ccccc2)C1. The third kappa shape index (κ3) is 4.91. The van der Waals surface area contributed by atoms with Gasteiger partial charge in [0.05, 0.1) is 6.54 Å². The summed E-state index contributed by atoms with van der Waals surface area (Å²) in [5, 5.41) is 3.00. The van der Waals surface area contributed by atoms with E-state index in [-0.39, 0.29) is 12.1 Å². The van der Waals surface area contributed by atoms with Crippen LogP contribution in [0.25, 0.3) is 0 Å². The minimum atomic E-state index is 0.0197. The third-order valence-electron chi connectivity index (χ3n) is 4.08. The van der Waals surface area contributed by atoms with Gasteiger partial charge in [0.2, 0.25) is 0 Å². The number of likely N-dealkylation sites (tertiary alicyclic amines) is 1. The fourth-order valence-corrected chi connectivity index (χ4v) is 2.67. The molecule has 5 nitrogen and oxygen atoms in total. The number of para-hydroxylation sites is 1. The highest BCUT2D eigenvalue weighted by atomic mass is 16.5. The Morgan fingerprint density at radius 1 is 1.32 bits per heavy atom. The number of carbonyl (C=O) groups is 1. The molecule has 0 saturated carbocycles. The number of hydrogen-bond acceptors (Lipinski definition) is 3. The number of benzene rings is 1. The van der Waals surface area contributed by atoms with E-state index in [0.29, 0.717) is 13.1 Å². The van der Waals surface area contributed by atoms with Crippen molar-refractivity contribution >= 4 is 6.03 Å². The molecule has 1 aliphatic heterocycles. The van der Waals surface area contributed by atoms with Gasteiger partial charge < -0.3 is 19.9 Å². The molecule has 1 fully saturated rings. The molecule has 2 amide bonds. The summed E-state index contributed by atoms with van der Waals surface area (Å²) in [6, 6.07) is 9.81. The normalized spacial score (nSPS) is 17.8. The highest BCUT2D eigenvalue weighted by Gasteiger charge is 2.27. The van der Waals surface area contributed by atoms with Crippen LogP contribution in [0, 0.1) is 0 Å². The van der Waals surface area contributed by atoms with E-state index in [4.69, 9.17) is 4.74 Å². The molecule has 0 bridgehead atoms. The Morgan fingerprint density at radius 3 is 2.73 bits per heavy atom. The molecule has 1 unspecified atom stereocenters. The largest absolute Gasteiger partial charge is 0.489 e. The number of hydrogen-bond donors (Lipinski definition) is 1. The van der Waals surface area contributed by atoms with E-state index in [1.807, 2.05) is 35.2 Å². The van der Waals surface area contributed by atoms with Gasteiger partial charge in [-0.15, -0.1) is 0 Å². The lowest BCUT2D eigenvalue weighted by Crippen LogP contribution is -2.42. The predicted octanol–water partition coefficient (Wildman–Crippen LogP) is 2.19. The van der Waals surface area contributed by atoms with Gasteiger partial charge in [0.1, 0.15) is 11.9 Å². The topological polar surface area (TPSA) is 44.8 Å². The van der Waals surface area contributed by atoms with Gasteiger partial charge in [-0.1, -0.05) is 32.0 Å². The van der Waals surface area contributed by atoms with E-state index in [1.165, 1.54) is 0 Å². The quantitative estimate of drug-likeness (QED) is 0.840. The van der Waals surface area contributed by atoms with Crippen LogP contribution in [0.4, 0.5) is 4.79 Å². The molecule has 1 N–H and O–H groups in total. The lowest BCUT2D eigenvalue weighted by molar-refractivity contribution is 0.185. The Labute approximate surface area is 133 Å². The van der Waals surface area contributed by atoms with E-state index >= 15 is 0 Å². The van der Waals surface area contributed by atoms with Crippen LogP contribution < -0.4 is 10.1 Å². The molecule has 0 aromatic heterocycles. The van der Waals surface area contributed by atoms with Crippen LogP contribution in [-0.2, 0) is 0 Å². The number of rotatable bonds is 7. The minimum absolute atomic E-state index is 0.0197. The summed E-state index contributed by atoms with van der Waals surface area (Å²) in [5.74, 6) is 0.872. The molecule has 2 rings (SSSR count). The molecule has 1 atom stereocenters. The van der Waals surface area contributed by atoms with Crippen LogP contribution in [0.1, 0.15) is 20.3 Å². The van der Waals surface area contributed by atoms with E-state index in [1.54, 1.807) is 0 Å². The monoisotopic (exact) mass is 305 g/mol. The summed E-state index contributed by atoms with van der Waals surface area (Å²) >= 11 is 0. The first-order valence-corrected chi connectivity index (χ1v) is 8.19. The molecule has 0 radical (unpaired) electrons. The molecule has 5 heteroatoms. The van der Waals surface area contributed by atoms with Crippen LogP contribution in [0.3, 0.4) is 0 Å². The first kappa shape index (κ1) is 16.6. The fourth-order valence-electron chi connectivity index (χ4n) is 2.67. The Balaban J connectivity index is 1.70. The molecule has 122 valence electrons. The maximum atomic E-state index is 12.1. The molecule has 22 heavy (non-hydrogen) atoms. The minimum Gasteiger partial charge on any atom is -0.489 e. The summed E-state index contributed by atoms with van der Waals surface area (Å²) in [6.45, 7) is 9.32. The average molecular weight is 305 g/mol. The fraction of sp³-hybridized carbons (Fsp3) is 0.588. The van der Waals surface area contributed by atoms with E-state index in [9.17, 15) is 4.79 Å². The molecular formula is C17H27N3O2.